The summed E-state index contributed by atoms with van der Waals surface area (Å²) in [6, 6.07) is -0.669. The second-order valence-corrected chi connectivity index (χ2v) is 7.40. The summed E-state index contributed by atoms with van der Waals surface area (Å²) in [5.74, 6) is -0.474. The zero-order chi connectivity index (χ0) is 13.9. The number of nitrogens with one attached hydrogen (secondary N) is 1. The van der Waals surface area contributed by atoms with Crippen LogP contribution in [0.5, 0.6) is 0 Å². The Hall–Kier alpha value is -0.990. The molecule has 0 spiro atoms. The van der Waals surface area contributed by atoms with E-state index in [2.05, 4.69) is 10.3 Å². The largest absolute Gasteiger partial charge is 0.347 e. The monoisotopic (exact) mass is 291 g/mol. The van der Waals surface area contributed by atoms with Crippen LogP contribution in [0.4, 0.5) is 0 Å². The molecule has 1 amide bonds. The van der Waals surface area contributed by atoms with Gasteiger partial charge in [-0.05, 0) is 13.8 Å². The summed E-state index contributed by atoms with van der Waals surface area (Å²) >= 11 is 1.31. The number of rotatable bonds is 5. The van der Waals surface area contributed by atoms with Crippen LogP contribution in [0.15, 0.2) is 5.38 Å². The summed E-state index contributed by atoms with van der Waals surface area (Å²) < 4.78 is 22.1. The van der Waals surface area contributed by atoms with E-state index in [1.54, 1.807) is 19.2 Å². The minimum absolute atomic E-state index is 0.0942. The van der Waals surface area contributed by atoms with Gasteiger partial charge in [0.05, 0.1) is 11.8 Å². The first-order valence-corrected chi connectivity index (χ1v) is 8.32. The van der Waals surface area contributed by atoms with Crippen LogP contribution in [0.25, 0.3) is 0 Å². The molecule has 1 aromatic rings. The molecule has 18 heavy (non-hydrogen) atoms. The van der Waals surface area contributed by atoms with Crippen molar-refractivity contribution < 1.29 is 13.2 Å². The van der Waals surface area contributed by atoms with Crippen LogP contribution < -0.4 is 11.1 Å². The average molecular weight is 291 g/mol. The van der Waals surface area contributed by atoms with Crippen LogP contribution in [-0.2, 0) is 9.84 Å². The Morgan fingerprint density at radius 3 is 2.61 bits per heavy atom. The number of amides is 1. The molecule has 3 N–H and O–H groups in total. The van der Waals surface area contributed by atoms with E-state index in [4.69, 9.17) is 5.73 Å². The molecule has 1 aromatic heterocycles. The molecule has 0 aliphatic carbocycles. The predicted octanol–water partition coefficient (Wildman–Crippen LogP) is 0.326. The molecule has 0 radical (unpaired) electrons. The third-order valence-corrected chi connectivity index (χ3v) is 4.23. The van der Waals surface area contributed by atoms with Crippen molar-refractivity contribution in [2.45, 2.75) is 25.9 Å². The van der Waals surface area contributed by atoms with Gasteiger partial charge in [0.1, 0.15) is 20.5 Å². The molecule has 2 atom stereocenters. The zero-order valence-corrected chi connectivity index (χ0v) is 12.1. The fourth-order valence-electron chi connectivity index (χ4n) is 1.39. The van der Waals surface area contributed by atoms with Crippen LogP contribution in [0.1, 0.15) is 35.4 Å². The number of nitrogens with two attached hydrogens (primary N) is 1. The van der Waals surface area contributed by atoms with Gasteiger partial charge in [-0.3, -0.25) is 4.79 Å². The van der Waals surface area contributed by atoms with Gasteiger partial charge < -0.3 is 11.1 Å². The summed E-state index contributed by atoms with van der Waals surface area (Å²) in [6.07, 6.45) is 1.13. The fraction of sp³-hybridized carbons (Fsp3) is 0.600. The molecular formula is C10H17N3O3S2. The number of sulfone groups is 1. The molecule has 8 heteroatoms. The molecule has 0 bridgehead atoms. The summed E-state index contributed by atoms with van der Waals surface area (Å²) in [4.78, 5) is 15.9. The van der Waals surface area contributed by atoms with Crippen molar-refractivity contribution in [3.05, 3.63) is 16.1 Å². The van der Waals surface area contributed by atoms with Gasteiger partial charge in [0.15, 0.2) is 0 Å². The van der Waals surface area contributed by atoms with Gasteiger partial charge in [0, 0.05) is 17.7 Å². The highest BCUT2D eigenvalue weighted by Gasteiger charge is 2.17. The van der Waals surface area contributed by atoms with Crippen molar-refractivity contribution in [2.24, 2.45) is 5.73 Å². The molecular weight excluding hydrogens is 274 g/mol. The molecule has 0 saturated carbocycles. The summed E-state index contributed by atoms with van der Waals surface area (Å²) in [7, 11) is -3.11. The second kappa shape index (κ2) is 5.77. The normalized spacial score (nSPS) is 15.1. The lowest BCUT2D eigenvalue weighted by atomic mass is 10.3. The van der Waals surface area contributed by atoms with E-state index in [-0.39, 0.29) is 23.4 Å². The van der Waals surface area contributed by atoms with E-state index < -0.39 is 15.9 Å². The molecule has 2 unspecified atom stereocenters. The Balaban J connectivity index is 2.65. The number of aromatic nitrogens is 1. The third kappa shape index (κ3) is 4.71. The lowest BCUT2D eigenvalue weighted by Gasteiger charge is -2.11. The van der Waals surface area contributed by atoms with Gasteiger partial charge in [0.25, 0.3) is 5.91 Å². The first kappa shape index (κ1) is 15.1. The topological polar surface area (TPSA) is 102 Å². The smallest absolute Gasteiger partial charge is 0.270 e. The van der Waals surface area contributed by atoms with Crippen molar-refractivity contribution in [3.8, 4) is 0 Å². The fourth-order valence-corrected chi connectivity index (χ4v) is 3.14. The lowest BCUT2D eigenvalue weighted by Crippen LogP contribution is -2.37. The lowest BCUT2D eigenvalue weighted by molar-refractivity contribution is 0.0939. The minimum Gasteiger partial charge on any atom is -0.347 e. The van der Waals surface area contributed by atoms with E-state index in [0.717, 1.165) is 6.26 Å². The maximum Gasteiger partial charge on any atom is 0.270 e. The molecule has 0 aliphatic rings. The van der Waals surface area contributed by atoms with Crippen LogP contribution >= 0.6 is 11.3 Å². The summed E-state index contributed by atoms with van der Waals surface area (Å²) in [6.45, 7) is 3.42. The molecule has 0 aromatic carbocycles. The first-order valence-electron chi connectivity index (χ1n) is 5.38. The summed E-state index contributed by atoms with van der Waals surface area (Å²) in [5.41, 5.74) is 5.92. The van der Waals surface area contributed by atoms with Crippen molar-refractivity contribution >= 4 is 27.1 Å². The van der Waals surface area contributed by atoms with Crippen molar-refractivity contribution in [1.82, 2.24) is 10.3 Å². The van der Waals surface area contributed by atoms with Gasteiger partial charge in [-0.15, -0.1) is 11.3 Å². The quantitative estimate of drug-likeness (QED) is 0.813. The number of hydrogen-bond donors (Lipinski definition) is 2. The molecule has 0 fully saturated rings. The molecule has 1 heterocycles. The van der Waals surface area contributed by atoms with E-state index in [1.165, 1.54) is 11.3 Å². The number of carbonyl (C=O) groups is 1. The third-order valence-electron chi connectivity index (χ3n) is 2.07. The molecule has 6 nitrogen and oxygen atoms in total. The first-order chi connectivity index (χ1) is 8.19. The van der Waals surface area contributed by atoms with Gasteiger partial charge in [0.2, 0.25) is 0 Å². The van der Waals surface area contributed by atoms with Gasteiger partial charge in [-0.25, -0.2) is 13.4 Å². The van der Waals surface area contributed by atoms with E-state index >= 15 is 0 Å². The van der Waals surface area contributed by atoms with E-state index in [0.29, 0.717) is 5.01 Å². The predicted molar refractivity (Wildman–Crippen MR) is 71.4 cm³/mol. The minimum atomic E-state index is -3.11. The Labute approximate surface area is 111 Å². The zero-order valence-electron chi connectivity index (χ0n) is 10.5. The number of nitrogens with zero attached hydrogens (tertiary/aromatic N) is 1. The second-order valence-electron chi connectivity index (χ2n) is 4.33. The van der Waals surface area contributed by atoms with Crippen molar-refractivity contribution in [2.75, 3.05) is 12.0 Å². The highest BCUT2D eigenvalue weighted by molar-refractivity contribution is 7.90. The Morgan fingerprint density at radius 1 is 1.56 bits per heavy atom. The van der Waals surface area contributed by atoms with Crippen LogP contribution in [-0.4, -0.2) is 37.4 Å². The maximum atomic E-state index is 11.8. The Morgan fingerprint density at radius 2 is 2.17 bits per heavy atom. The van der Waals surface area contributed by atoms with Gasteiger partial charge in [-0.2, -0.15) is 0 Å². The molecule has 0 aliphatic heterocycles. The molecule has 0 saturated heterocycles. The van der Waals surface area contributed by atoms with E-state index in [1.807, 2.05) is 0 Å². The molecule has 102 valence electrons. The van der Waals surface area contributed by atoms with Crippen LogP contribution in [0, 0.1) is 0 Å². The van der Waals surface area contributed by atoms with Crippen molar-refractivity contribution in [1.29, 1.82) is 0 Å². The average Bonchev–Trinajstić information content (AvgIpc) is 2.62. The van der Waals surface area contributed by atoms with Crippen molar-refractivity contribution in [3.63, 3.8) is 0 Å². The Kier molecular flexibility index (Phi) is 4.83. The number of hydrogen-bond acceptors (Lipinski definition) is 6. The standard InChI is InChI=1S/C10H17N3O3S2/c1-6(5-18(3,15)16)12-9(14)8-4-17-10(13-8)7(2)11/h4,6-7H,5,11H2,1-3H3,(H,12,14). The van der Waals surface area contributed by atoms with Gasteiger partial charge >= 0.3 is 0 Å². The number of carbonyl (C=O) groups excluding carboxylic acids is 1. The van der Waals surface area contributed by atoms with Gasteiger partial charge in [-0.1, -0.05) is 0 Å². The highest BCUT2D eigenvalue weighted by atomic mass is 32.2. The maximum absolute atomic E-state index is 11.8. The SMILES string of the molecule is CC(CS(C)(=O)=O)NC(=O)c1csc(C(C)N)n1. The van der Waals surface area contributed by atoms with Crippen LogP contribution in [0.3, 0.4) is 0 Å². The molecule has 1 rings (SSSR count). The Bertz CT molecular complexity index is 522. The summed E-state index contributed by atoms with van der Waals surface area (Å²) in [5, 5.41) is 4.88. The van der Waals surface area contributed by atoms with Crippen LogP contribution in [0.2, 0.25) is 0 Å². The highest BCUT2D eigenvalue weighted by Crippen LogP contribution is 2.15. The number of thiazole rings is 1. The van der Waals surface area contributed by atoms with E-state index in [9.17, 15) is 13.2 Å².